The van der Waals surface area contributed by atoms with Crippen LogP contribution in [0.4, 0.5) is 13.2 Å². The first-order valence-corrected chi connectivity index (χ1v) is 8.35. The van der Waals surface area contributed by atoms with E-state index < -0.39 is 34.8 Å². The zero-order valence-corrected chi connectivity index (χ0v) is 11.2. The second kappa shape index (κ2) is 5.22. The lowest BCUT2D eigenvalue weighted by atomic mass is 10.0. The third kappa shape index (κ3) is 2.98. The summed E-state index contributed by atoms with van der Waals surface area (Å²) in [6, 6.07) is 0. The van der Waals surface area contributed by atoms with E-state index >= 15 is 0 Å². The minimum Gasteiger partial charge on any atom is -0.359 e. The molecule has 1 saturated carbocycles. The van der Waals surface area contributed by atoms with Gasteiger partial charge in [0, 0.05) is 0 Å². The summed E-state index contributed by atoms with van der Waals surface area (Å²) in [4.78, 5) is 1.89. The molecule has 6 nitrogen and oxygen atoms in total. The van der Waals surface area contributed by atoms with Gasteiger partial charge in [0.25, 0.3) is 9.84 Å². The topological polar surface area (TPSA) is 105 Å². The fraction of sp³-hybridized carbons (Fsp3) is 0.875. The standard InChI is InChI=1S/C8H11F3N2O4S2/c9-8(10,11)19(16,17)7(13-12)18(14,15)6-4-2-1-3-5-6/h6H,1-5H2. The van der Waals surface area contributed by atoms with Crippen molar-refractivity contribution in [2.24, 2.45) is 0 Å². The van der Waals surface area contributed by atoms with Crippen LogP contribution >= 0.6 is 0 Å². The number of hydrogen-bond donors (Lipinski definition) is 0. The molecule has 0 spiro atoms. The molecule has 0 saturated heterocycles. The molecule has 0 atom stereocenters. The summed E-state index contributed by atoms with van der Waals surface area (Å²) < 4.78 is 80.6. The quantitative estimate of drug-likeness (QED) is 0.314. The summed E-state index contributed by atoms with van der Waals surface area (Å²) in [6.07, 6.45) is 1.76. The molecule has 11 heteroatoms. The summed E-state index contributed by atoms with van der Waals surface area (Å²) in [6.45, 7) is 0. The predicted octanol–water partition coefficient (Wildman–Crippen LogP) is 1.25. The lowest BCUT2D eigenvalue weighted by Crippen LogP contribution is -2.41. The number of hydrogen-bond acceptors (Lipinski definition) is 4. The Morgan fingerprint density at radius 1 is 1.05 bits per heavy atom. The summed E-state index contributed by atoms with van der Waals surface area (Å²) in [7, 11) is -11.0. The molecule has 0 amide bonds. The lowest BCUT2D eigenvalue weighted by Gasteiger charge is -2.19. The third-order valence-corrected chi connectivity index (χ3v) is 7.27. The molecular formula is C8H11F3N2O4S2. The van der Waals surface area contributed by atoms with Gasteiger partial charge in [-0.2, -0.15) is 13.2 Å². The number of nitrogens with zero attached hydrogens (tertiary/aromatic N) is 2. The second-order valence-electron chi connectivity index (χ2n) is 4.12. The van der Waals surface area contributed by atoms with Gasteiger partial charge in [0.05, 0.1) is 5.25 Å². The zero-order valence-electron chi connectivity index (χ0n) is 9.59. The van der Waals surface area contributed by atoms with E-state index in [2.05, 4.69) is 0 Å². The van der Waals surface area contributed by atoms with Gasteiger partial charge in [0.15, 0.2) is 0 Å². The summed E-state index contributed by atoms with van der Waals surface area (Å²) in [5, 5.41) is -1.26. The van der Waals surface area contributed by atoms with Gasteiger partial charge >= 0.3 is 19.7 Å². The Morgan fingerprint density at radius 2 is 1.53 bits per heavy atom. The first kappa shape index (κ1) is 16.1. The Kier molecular flexibility index (Phi) is 4.43. The van der Waals surface area contributed by atoms with E-state index in [-0.39, 0.29) is 12.8 Å². The van der Waals surface area contributed by atoms with Gasteiger partial charge < -0.3 is 5.53 Å². The van der Waals surface area contributed by atoms with Crippen LogP contribution in [-0.2, 0) is 19.7 Å². The number of alkyl halides is 3. The second-order valence-corrected chi connectivity index (χ2v) is 8.38. The number of rotatable bonds is 1. The van der Waals surface area contributed by atoms with E-state index in [0.29, 0.717) is 12.8 Å². The molecule has 0 radical (unpaired) electrons. The first-order chi connectivity index (χ1) is 8.55. The highest BCUT2D eigenvalue weighted by Gasteiger charge is 2.60. The van der Waals surface area contributed by atoms with Crippen molar-refractivity contribution in [2.45, 2.75) is 42.9 Å². The van der Waals surface area contributed by atoms with Gasteiger partial charge in [-0.15, -0.1) is 4.79 Å². The maximum Gasteiger partial charge on any atom is 0.509 e. The molecule has 0 unspecified atom stereocenters. The third-order valence-electron chi connectivity index (χ3n) is 2.85. The van der Waals surface area contributed by atoms with E-state index in [1.54, 1.807) is 0 Å². The van der Waals surface area contributed by atoms with Crippen LogP contribution in [0.2, 0.25) is 0 Å². The average Bonchev–Trinajstić information content (AvgIpc) is 2.28. The number of halogens is 3. The van der Waals surface area contributed by atoms with Crippen LogP contribution in [-0.4, -0.2) is 36.8 Å². The Morgan fingerprint density at radius 3 is 1.89 bits per heavy atom. The van der Waals surface area contributed by atoms with E-state index in [1.807, 2.05) is 4.79 Å². The molecule has 1 aliphatic rings. The zero-order chi connectivity index (χ0) is 14.9. The molecule has 0 bridgehead atoms. The van der Waals surface area contributed by atoms with Crippen molar-refractivity contribution < 1.29 is 34.8 Å². The highest BCUT2D eigenvalue weighted by Crippen LogP contribution is 2.30. The Labute approximate surface area is 108 Å². The van der Waals surface area contributed by atoms with E-state index in [1.165, 1.54) is 0 Å². The molecule has 0 N–H and O–H groups in total. The van der Waals surface area contributed by atoms with Gasteiger partial charge in [0.2, 0.25) is 0 Å². The molecule has 1 aliphatic carbocycles. The normalized spacial score (nSPS) is 18.9. The molecule has 0 aromatic carbocycles. The fourth-order valence-electron chi connectivity index (χ4n) is 1.88. The van der Waals surface area contributed by atoms with Crippen LogP contribution in [0.1, 0.15) is 32.1 Å². The van der Waals surface area contributed by atoms with Gasteiger partial charge in [-0.05, 0) is 12.8 Å². The van der Waals surface area contributed by atoms with Gasteiger partial charge in [-0.1, -0.05) is 19.3 Å². The minimum absolute atomic E-state index is 0.0503. The van der Waals surface area contributed by atoms with Gasteiger partial charge in [0.1, 0.15) is 0 Å². The van der Waals surface area contributed by atoms with E-state index in [0.717, 1.165) is 6.42 Å². The molecule has 1 fully saturated rings. The first-order valence-electron chi connectivity index (χ1n) is 5.32. The van der Waals surface area contributed by atoms with Crippen molar-refractivity contribution in [2.75, 3.05) is 0 Å². The molecular weight excluding hydrogens is 309 g/mol. The fourth-order valence-corrected chi connectivity index (χ4v) is 5.45. The van der Waals surface area contributed by atoms with E-state index in [4.69, 9.17) is 5.53 Å². The van der Waals surface area contributed by atoms with Crippen LogP contribution in [0.3, 0.4) is 0 Å². The summed E-state index contributed by atoms with van der Waals surface area (Å²) in [5.41, 5.74) is 2.60. The highest BCUT2D eigenvalue weighted by atomic mass is 32.3. The minimum atomic E-state index is -6.18. The molecule has 110 valence electrons. The van der Waals surface area contributed by atoms with Crippen molar-refractivity contribution in [3.8, 4) is 0 Å². The van der Waals surface area contributed by atoms with Crippen molar-refractivity contribution >= 4 is 24.1 Å². The summed E-state index contributed by atoms with van der Waals surface area (Å²) >= 11 is 0. The number of sulfone groups is 2. The van der Waals surface area contributed by atoms with Crippen LogP contribution in [0.15, 0.2) is 0 Å². The van der Waals surface area contributed by atoms with Gasteiger partial charge in [-0.25, -0.2) is 16.8 Å². The van der Waals surface area contributed by atoms with E-state index in [9.17, 15) is 30.0 Å². The molecule has 19 heavy (non-hydrogen) atoms. The predicted molar refractivity (Wildman–Crippen MR) is 59.4 cm³/mol. The monoisotopic (exact) mass is 320 g/mol. The lowest BCUT2D eigenvalue weighted by molar-refractivity contribution is -0.0447. The Hall–Kier alpha value is -0.930. The van der Waals surface area contributed by atoms with Crippen molar-refractivity contribution in [3.63, 3.8) is 0 Å². The van der Waals surface area contributed by atoms with Crippen molar-refractivity contribution in [3.05, 3.63) is 5.53 Å². The molecule has 0 aromatic heterocycles. The smallest absolute Gasteiger partial charge is 0.359 e. The van der Waals surface area contributed by atoms with Gasteiger partial charge in [-0.3, -0.25) is 0 Å². The van der Waals surface area contributed by atoms with Crippen molar-refractivity contribution in [1.29, 1.82) is 0 Å². The maximum absolute atomic E-state index is 12.3. The van der Waals surface area contributed by atoms with Crippen LogP contribution in [0, 0.1) is 0 Å². The van der Waals surface area contributed by atoms with Crippen LogP contribution in [0.25, 0.3) is 5.53 Å². The maximum atomic E-state index is 12.3. The average molecular weight is 320 g/mol. The Balaban J connectivity index is 3.29. The molecule has 1 rings (SSSR count). The molecule has 0 heterocycles. The molecule has 0 aliphatic heterocycles. The van der Waals surface area contributed by atoms with Crippen LogP contribution in [0.5, 0.6) is 0 Å². The Bertz CT molecular complexity index is 596. The van der Waals surface area contributed by atoms with Crippen molar-refractivity contribution in [1.82, 2.24) is 0 Å². The molecule has 0 aromatic rings. The summed E-state index contributed by atoms with van der Waals surface area (Å²) in [5.74, 6) is 0. The largest absolute Gasteiger partial charge is 0.509 e. The SMILES string of the molecule is [N-]=[N+]=C(S(=O)(=O)C1CCCCC1)S(=O)(=O)C(F)(F)F. The highest BCUT2D eigenvalue weighted by molar-refractivity contribution is 8.31. The van der Waals surface area contributed by atoms with Crippen LogP contribution < -0.4 is 0 Å².